The lowest BCUT2D eigenvalue weighted by molar-refractivity contribution is 0.0953. The molecule has 0 unspecified atom stereocenters. The highest BCUT2D eigenvalue weighted by molar-refractivity contribution is 14.1. The summed E-state index contributed by atoms with van der Waals surface area (Å²) >= 11 is 2.20. The van der Waals surface area contributed by atoms with E-state index in [0.717, 1.165) is 22.0 Å². The number of benzene rings is 1. The minimum atomic E-state index is -0.0385. The van der Waals surface area contributed by atoms with Gasteiger partial charge in [-0.05, 0) is 59.2 Å². The molecule has 112 valence electrons. The Morgan fingerprint density at radius 2 is 2.23 bits per heavy atom. The van der Waals surface area contributed by atoms with Gasteiger partial charge in [0.2, 0.25) is 0 Å². The van der Waals surface area contributed by atoms with Gasteiger partial charge in [0.1, 0.15) is 6.33 Å². The normalized spacial score (nSPS) is 10.8. The molecule has 2 aromatic heterocycles. The van der Waals surface area contributed by atoms with Gasteiger partial charge in [-0.1, -0.05) is 6.07 Å². The Morgan fingerprint density at radius 1 is 1.32 bits per heavy atom. The average Bonchev–Trinajstić information content (AvgIpc) is 2.99. The number of halogens is 1. The molecule has 2 heterocycles. The number of carbonyl (C=O) groups excluding carboxylic acids is 1. The van der Waals surface area contributed by atoms with Crippen molar-refractivity contribution in [2.24, 2.45) is 0 Å². The van der Waals surface area contributed by atoms with Crippen molar-refractivity contribution >= 4 is 34.3 Å². The lowest BCUT2D eigenvalue weighted by Gasteiger charge is -2.06. The van der Waals surface area contributed by atoms with Crippen molar-refractivity contribution in [3.8, 4) is 0 Å². The molecule has 6 nitrogen and oxygen atoms in total. The Bertz CT molecular complexity index is 801. The first-order chi connectivity index (χ1) is 10.7. The van der Waals surface area contributed by atoms with Crippen LogP contribution >= 0.6 is 22.6 Å². The smallest absolute Gasteiger partial charge is 0.252 e. The van der Waals surface area contributed by atoms with Gasteiger partial charge in [-0.3, -0.25) is 4.79 Å². The molecule has 0 fully saturated rings. The topological polar surface area (TPSA) is 72.2 Å². The summed E-state index contributed by atoms with van der Waals surface area (Å²) in [7, 11) is 0. The number of rotatable bonds is 5. The molecule has 0 aliphatic rings. The molecular weight excluding hydrogens is 393 g/mol. The van der Waals surface area contributed by atoms with Gasteiger partial charge in [-0.15, -0.1) is 0 Å². The van der Waals surface area contributed by atoms with Crippen molar-refractivity contribution in [1.29, 1.82) is 0 Å². The summed E-state index contributed by atoms with van der Waals surface area (Å²) < 4.78 is 2.71. The quantitative estimate of drug-likeness (QED) is 0.520. The second-order valence-corrected chi connectivity index (χ2v) is 6.08. The highest BCUT2D eigenvalue weighted by atomic mass is 127. The fourth-order valence-electron chi connectivity index (χ4n) is 2.11. The number of hydrogen-bond donors (Lipinski definition) is 1. The molecule has 0 aliphatic carbocycles. The van der Waals surface area contributed by atoms with Crippen LogP contribution in [-0.2, 0) is 6.42 Å². The third kappa shape index (κ3) is 3.59. The first kappa shape index (κ1) is 14.9. The molecule has 0 saturated carbocycles. The molecule has 0 atom stereocenters. The highest BCUT2D eigenvalue weighted by Crippen LogP contribution is 2.08. The van der Waals surface area contributed by atoms with Gasteiger partial charge in [0.25, 0.3) is 11.7 Å². The molecule has 1 aromatic carbocycles. The molecule has 0 saturated heterocycles. The van der Waals surface area contributed by atoms with Crippen LogP contribution in [0.1, 0.15) is 22.3 Å². The van der Waals surface area contributed by atoms with Gasteiger partial charge >= 0.3 is 0 Å². The number of carbonyl (C=O) groups is 1. The summed E-state index contributed by atoms with van der Waals surface area (Å²) in [4.78, 5) is 20.2. The number of nitrogens with zero attached hydrogens (tertiary/aromatic N) is 4. The van der Waals surface area contributed by atoms with Crippen molar-refractivity contribution in [3.05, 3.63) is 57.7 Å². The SMILES string of the molecule is O=C(NCCCc1cnc2ncnn2c1)c1cccc(I)c1. The van der Waals surface area contributed by atoms with Crippen LogP contribution in [0.4, 0.5) is 0 Å². The predicted octanol–water partition coefficient (Wildman–Crippen LogP) is 2.09. The molecular formula is C15H14IN5O. The van der Waals surface area contributed by atoms with Crippen LogP contribution in [0, 0.1) is 3.57 Å². The Hall–Kier alpha value is -2.03. The molecule has 22 heavy (non-hydrogen) atoms. The maximum absolute atomic E-state index is 12.0. The molecule has 7 heteroatoms. The van der Waals surface area contributed by atoms with Gasteiger partial charge in [0.15, 0.2) is 0 Å². The van der Waals surface area contributed by atoms with Crippen LogP contribution in [0.25, 0.3) is 5.78 Å². The Morgan fingerprint density at radius 3 is 3.09 bits per heavy atom. The van der Waals surface area contributed by atoms with E-state index < -0.39 is 0 Å². The van der Waals surface area contributed by atoms with Crippen LogP contribution in [0.15, 0.2) is 43.0 Å². The number of aromatic nitrogens is 4. The fourth-order valence-corrected chi connectivity index (χ4v) is 2.66. The lowest BCUT2D eigenvalue weighted by Crippen LogP contribution is -2.24. The number of nitrogens with one attached hydrogen (secondary N) is 1. The average molecular weight is 407 g/mol. The van der Waals surface area contributed by atoms with E-state index in [4.69, 9.17) is 0 Å². The van der Waals surface area contributed by atoms with E-state index in [1.54, 1.807) is 10.7 Å². The monoisotopic (exact) mass is 407 g/mol. The van der Waals surface area contributed by atoms with E-state index in [1.165, 1.54) is 6.33 Å². The van der Waals surface area contributed by atoms with E-state index in [1.807, 2.05) is 30.5 Å². The van der Waals surface area contributed by atoms with Gasteiger partial charge in [-0.2, -0.15) is 10.1 Å². The maximum Gasteiger partial charge on any atom is 0.252 e. The van der Waals surface area contributed by atoms with Crippen LogP contribution in [-0.4, -0.2) is 32.0 Å². The van der Waals surface area contributed by atoms with E-state index in [9.17, 15) is 4.79 Å². The summed E-state index contributed by atoms with van der Waals surface area (Å²) in [6, 6.07) is 7.54. The van der Waals surface area contributed by atoms with Crippen molar-refractivity contribution in [2.75, 3.05) is 6.54 Å². The van der Waals surface area contributed by atoms with Gasteiger partial charge < -0.3 is 5.32 Å². The third-order valence-corrected chi connectivity index (χ3v) is 3.87. The zero-order valence-electron chi connectivity index (χ0n) is 11.7. The van der Waals surface area contributed by atoms with Gasteiger partial charge in [0, 0.05) is 28.1 Å². The molecule has 1 N–H and O–H groups in total. The van der Waals surface area contributed by atoms with Gasteiger partial charge in [-0.25, -0.2) is 9.50 Å². The van der Waals surface area contributed by atoms with E-state index >= 15 is 0 Å². The lowest BCUT2D eigenvalue weighted by atomic mass is 10.2. The molecule has 0 radical (unpaired) electrons. The third-order valence-electron chi connectivity index (χ3n) is 3.20. The molecule has 0 spiro atoms. The Labute approximate surface area is 141 Å². The summed E-state index contributed by atoms with van der Waals surface area (Å²) in [5, 5.41) is 6.99. The molecule has 1 amide bonds. The van der Waals surface area contributed by atoms with Crippen molar-refractivity contribution < 1.29 is 4.79 Å². The van der Waals surface area contributed by atoms with Gasteiger partial charge in [0.05, 0.1) is 0 Å². The number of hydrogen-bond acceptors (Lipinski definition) is 4. The molecule has 0 bridgehead atoms. The van der Waals surface area contributed by atoms with Crippen molar-refractivity contribution in [1.82, 2.24) is 24.9 Å². The zero-order valence-corrected chi connectivity index (χ0v) is 13.9. The fraction of sp³-hybridized carbons (Fsp3) is 0.200. The van der Waals surface area contributed by atoms with E-state index in [-0.39, 0.29) is 5.91 Å². The van der Waals surface area contributed by atoms with Crippen molar-refractivity contribution in [2.45, 2.75) is 12.8 Å². The van der Waals surface area contributed by atoms with Crippen molar-refractivity contribution in [3.63, 3.8) is 0 Å². The summed E-state index contributed by atoms with van der Waals surface area (Å²) in [6.07, 6.45) is 6.86. The predicted molar refractivity (Wildman–Crippen MR) is 90.6 cm³/mol. The Kier molecular flexibility index (Phi) is 4.62. The Balaban J connectivity index is 1.49. The number of aryl methyl sites for hydroxylation is 1. The molecule has 0 aliphatic heterocycles. The first-order valence-electron chi connectivity index (χ1n) is 6.90. The standard InChI is InChI=1S/C15H14IN5O/c16-13-5-1-4-12(7-13)14(22)17-6-2-3-11-8-18-15-19-10-20-21(15)9-11/h1,4-5,7-10H,2-3,6H2,(H,17,22). The second-order valence-electron chi connectivity index (χ2n) is 4.84. The first-order valence-corrected chi connectivity index (χ1v) is 7.98. The van der Waals surface area contributed by atoms with Crippen LogP contribution in [0.2, 0.25) is 0 Å². The molecule has 3 rings (SSSR count). The van der Waals surface area contributed by atoms with Crippen LogP contribution in [0.3, 0.4) is 0 Å². The summed E-state index contributed by atoms with van der Waals surface area (Å²) in [6.45, 7) is 0.625. The van der Waals surface area contributed by atoms with E-state index in [0.29, 0.717) is 17.9 Å². The minimum Gasteiger partial charge on any atom is -0.352 e. The number of amides is 1. The summed E-state index contributed by atoms with van der Waals surface area (Å²) in [5.41, 5.74) is 1.76. The zero-order chi connectivity index (χ0) is 15.4. The summed E-state index contributed by atoms with van der Waals surface area (Å²) in [5.74, 6) is 0.555. The van der Waals surface area contributed by atoms with Crippen LogP contribution < -0.4 is 5.32 Å². The molecule has 3 aromatic rings. The van der Waals surface area contributed by atoms with Crippen LogP contribution in [0.5, 0.6) is 0 Å². The maximum atomic E-state index is 12.0. The minimum absolute atomic E-state index is 0.0385. The largest absolute Gasteiger partial charge is 0.352 e. The van der Waals surface area contributed by atoms with E-state index in [2.05, 4.69) is 43.0 Å². The second kappa shape index (κ2) is 6.82. The highest BCUT2D eigenvalue weighted by Gasteiger charge is 2.05. The number of fused-ring (bicyclic) bond motifs is 1.